The van der Waals surface area contributed by atoms with Crippen LogP contribution >= 0.6 is 11.3 Å². The second kappa shape index (κ2) is 3.63. The SMILES string of the molecule is COC(=O)Nc1nc2c[c]ccc2s1. The summed E-state index contributed by atoms with van der Waals surface area (Å²) in [6, 6.07) is 8.39. The smallest absolute Gasteiger partial charge is 0.413 e. The molecule has 1 amide bonds. The summed E-state index contributed by atoms with van der Waals surface area (Å²) >= 11 is 1.40. The Morgan fingerprint density at radius 2 is 2.57 bits per heavy atom. The molecule has 0 unspecified atom stereocenters. The normalized spacial score (nSPS) is 10.1. The van der Waals surface area contributed by atoms with E-state index in [1.807, 2.05) is 12.1 Å². The molecule has 1 N–H and O–H groups in total. The second-order valence-electron chi connectivity index (χ2n) is 2.53. The summed E-state index contributed by atoms with van der Waals surface area (Å²) in [4.78, 5) is 15.1. The van der Waals surface area contributed by atoms with Crippen LogP contribution in [0.15, 0.2) is 18.2 Å². The van der Waals surface area contributed by atoms with Crippen molar-refractivity contribution in [1.29, 1.82) is 0 Å². The molecule has 4 nitrogen and oxygen atoms in total. The van der Waals surface area contributed by atoms with Gasteiger partial charge in [-0.3, -0.25) is 5.32 Å². The highest BCUT2D eigenvalue weighted by molar-refractivity contribution is 7.22. The van der Waals surface area contributed by atoms with E-state index in [1.54, 1.807) is 6.07 Å². The number of nitrogens with zero attached hydrogens (tertiary/aromatic N) is 1. The van der Waals surface area contributed by atoms with Crippen LogP contribution in [-0.4, -0.2) is 18.2 Å². The van der Waals surface area contributed by atoms with Gasteiger partial charge in [0.1, 0.15) is 0 Å². The van der Waals surface area contributed by atoms with Crippen LogP contribution in [0.4, 0.5) is 9.93 Å². The maximum atomic E-state index is 10.9. The van der Waals surface area contributed by atoms with E-state index < -0.39 is 6.09 Å². The molecule has 0 atom stereocenters. The average Bonchev–Trinajstić information content (AvgIpc) is 2.59. The van der Waals surface area contributed by atoms with E-state index >= 15 is 0 Å². The van der Waals surface area contributed by atoms with Crippen LogP contribution in [0, 0.1) is 6.07 Å². The molecule has 0 aliphatic heterocycles. The molecule has 0 bridgehead atoms. The van der Waals surface area contributed by atoms with Crippen molar-refractivity contribution >= 4 is 32.8 Å². The van der Waals surface area contributed by atoms with Gasteiger partial charge in [0.05, 0.1) is 17.3 Å². The Kier molecular flexibility index (Phi) is 2.32. The van der Waals surface area contributed by atoms with Gasteiger partial charge in [-0.05, 0) is 18.2 Å². The average molecular weight is 207 g/mol. The highest BCUT2D eigenvalue weighted by Gasteiger charge is 2.06. The Balaban J connectivity index is 2.31. The van der Waals surface area contributed by atoms with Crippen LogP contribution in [0.3, 0.4) is 0 Å². The summed E-state index contributed by atoms with van der Waals surface area (Å²) in [6.45, 7) is 0. The molecule has 0 aliphatic carbocycles. The zero-order valence-electron chi connectivity index (χ0n) is 7.40. The monoisotopic (exact) mass is 207 g/mol. The zero-order valence-corrected chi connectivity index (χ0v) is 8.22. The van der Waals surface area contributed by atoms with E-state index in [2.05, 4.69) is 21.1 Å². The number of ether oxygens (including phenoxy) is 1. The van der Waals surface area contributed by atoms with Crippen molar-refractivity contribution in [3.05, 3.63) is 24.3 Å². The molecule has 0 aliphatic rings. The fourth-order valence-corrected chi connectivity index (χ4v) is 1.84. The molecule has 0 spiro atoms. The van der Waals surface area contributed by atoms with Gasteiger partial charge in [-0.25, -0.2) is 9.78 Å². The summed E-state index contributed by atoms with van der Waals surface area (Å²) in [7, 11) is 1.32. The lowest BCUT2D eigenvalue weighted by molar-refractivity contribution is 0.187. The molecule has 0 saturated carbocycles. The van der Waals surface area contributed by atoms with Crippen molar-refractivity contribution in [3.63, 3.8) is 0 Å². The topological polar surface area (TPSA) is 51.2 Å². The maximum absolute atomic E-state index is 10.9. The molecule has 2 rings (SSSR count). The van der Waals surface area contributed by atoms with Crippen LogP contribution in [0.25, 0.3) is 10.2 Å². The minimum absolute atomic E-state index is 0.506. The number of rotatable bonds is 1. The molecule has 5 heteroatoms. The van der Waals surface area contributed by atoms with Crippen LogP contribution in [0.1, 0.15) is 0 Å². The van der Waals surface area contributed by atoms with Gasteiger partial charge >= 0.3 is 6.09 Å². The molecule has 1 heterocycles. The summed E-state index contributed by atoms with van der Waals surface area (Å²) in [5.41, 5.74) is 0.823. The van der Waals surface area contributed by atoms with Gasteiger partial charge < -0.3 is 4.74 Å². The number of carbonyl (C=O) groups is 1. The largest absolute Gasteiger partial charge is 0.453 e. The molecule has 14 heavy (non-hydrogen) atoms. The van der Waals surface area contributed by atoms with E-state index in [9.17, 15) is 4.79 Å². The number of methoxy groups -OCH3 is 1. The van der Waals surface area contributed by atoms with Gasteiger partial charge in [0, 0.05) is 0 Å². The molecule has 71 valence electrons. The van der Waals surface area contributed by atoms with Crippen LogP contribution in [-0.2, 0) is 4.74 Å². The highest BCUT2D eigenvalue weighted by Crippen LogP contribution is 2.24. The summed E-state index contributed by atoms with van der Waals surface area (Å²) < 4.78 is 5.47. The van der Waals surface area contributed by atoms with E-state index in [-0.39, 0.29) is 0 Å². The van der Waals surface area contributed by atoms with Gasteiger partial charge in [-0.15, -0.1) is 0 Å². The lowest BCUT2D eigenvalue weighted by atomic mass is 10.3. The first-order valence-electron chi connectivity index (χ1n) is 3.91. The van der Waals surface area contributed by atoms with Crippen molar-refractivity contribution in [1.82, 2.24) is 4.98 Å². The molecular formula is C9H7N2O2S. The minimum Gasteiger partial charge on any atom is -0.453 e. The summed E-state index contributed by atoms with van der Waals surface area (Å²) in [6.07, 6.45) is -0.506. The van der Waals surface area contributed by atoms with E-state index in [4.69, 9.17) is 0 Å². The Bertz CT molecular complexity index is 434. The number of hydrogen-bond acceptors (Lipinski definition) is 4. The summed E-state index contributed by atoms with van der Waals surface area (Å²) in [5.74, 6) is 0. The highest BCUT2D eigenvalue weighted by atomic mass is 32.1. The van der Waals surface area contributed by atoms with Crippen molar-refractivity contribution in [3.8, 4) is 0 Å². The Labute approximate surface area is 84.5 Å². The second-order valence-corrected chi connectivity index (χ2v) is 3.56. The standard InChI is InChI=1S/C9H7N2O2S/c1-13-9(12)11-8-10-6-4-2-3-5-7(6)14-8/h3-5H,1H3,(H,10,11,12). The number of amides is 1. The molecule has 1 aromatic carbocycles. The van der Waals surface area contributed by atoms with Crippen LogP contribution < -0.4 is 5.32 Å². The van der Waals surface area contributed by atoms with E-state index in [0.29, 0.717) is 5.13 Å². The van der Waals surface area contributed by atoms with Gasteiger partial charge in [-0.2, -0.15) is 0 Å². The number of fused-ring (bicyclic) bond motifs is 1. The number of benzene rings is 1. The Morgan fingerprint density at radius 1 is 1.71 bits per heavy atom. The maximum Gasteiger partial charge on any atom is 0.413 e. The van der Waals surface area contributed by atoms with E-state index in [0.717, 1.165) is 10.2 Å². The predicted molar refractivity (Wildman–Crippen MR) is 54.5 cm³/mol. The zero-order chi connectivity index (χ0) is 9.97. The molecule has 1 radical (unpaired) electrons. The third-order valence-corrected chi connectivity index (χ3v) is 2.58. The third kappa shape index (κ3) is 1.67. The predicted octanol–water partition coefficient (Wildman–Crippen LogP) is 2.27. The molecule has 1 aromatic heterocycles. The first kappa shape index (κ1) is 8.96. The number of nitrogens with one attached hydrogen (secondary N) is 1. The number of carbonyl (C=O) groups excluding carboxylic acids is 1. The van der Waals surface area contributed by atoms with E-state index in [1.165, 1.54) is 18.4 Å². The number of aromatic nitrogens is 1. The summed E-state index contributed by atoms with van der Waals surface area (Å²) in [5, 5.41) is 3.05. The first-order valence-corrected chi connectivity index (χ1v) is 4.73. The Hall–Kier alpha value is -1.62. The Morgan fingerprint density at radius 3 is 3.29 bits per heavy atom. The lowest BCUT2D eigenvalue weighted by Gasteiger charge is -1.96. The molecular weight excluding hydrogens is 200 g/mol. The number of thiazole rings is 1. The fourth-order valence-electron chi connectivity index (χ4n) is 1.01. The molecule has 0 saturated heterocycles. The fraction of sp³-hybridized carbons (Fsp3) is 0.111. The van der Waals surface area contributed by atoms with Crippen molar-refractivity contribution in [2.75, 3.05) is 12.4 Å². The van der Waals surface area contributed by atoms with Gasteiger partial charge in [0.2, 0.25) is 0 Å². The molecule has 2 aromatic rings. The van der Waals surface area contributed by atoms with Crippen molar-refractivity contribution < 1.29 is 9.53 Å². The van der Waals surface area contributed by atoms with Crippen LogP contribution in [0.2, 0.25) is 0 Å². The van der Waals surface area contributed by atoms with Crippen molar-refractivity contribution in [2.45, 2.75) is 0 Å². The quantitative estimate of drug-likeness (QED) is 0.780. The lowest BCUT2D eigenvalue weighted by Crippen LogP contribution is -2.10. The number of anilines is 1. The first-order chi connectivity index (χ1) is 6.79. The number of hydrogen-bond donors (Lipinski definition) is 1. The molecule has 0 fully saturated rings. The van der Waals surface area contributed by atoms with Gasteiger partial charge in [0.25, 0.3) is 0 Å². The van der Waals surface area contributed by atoms with Crippen molar-refractivity contribution in [2.24, 2.45) is 0 Å². The minimum atomic E-state index is -0.506. The third-order valence-electron chi connectivity index (χ3n) is 1.63. The van der Waals surface area contributed by atoms with Crippen LogP contribution in [0.5, 0.6) is 0 Å². The van der Waals surface area contributed by atoms with Gasteiger partial charge in [-0.1, -0.05) is 17.4 Å². The van der Waals surface area contributed by atoms with Gasteiger partial charge in [0.15, 0.2) is 5.13 Å².